The lowest BCUT2D eigenvalue weighted by atomic mass is 10.00. The minimum absolute atomic E-state index is 0.427. The van der Waals surface area contributed by atoms with Gasteiger partial charge in [-0.15, -0.1) is 0 Å². The molecule has 3 heteroatoms. The molecule has 3 rings (SSSR count). The van der Waals surface area contributed by atoms with Crippen molar-refractivity contribution in [3.05, 3.63) is 77.0 Å². The van der Waals surface area contributed by atoms with Crippen molar-refractivity contribution in [2.75, 3.05) is 0 Å². The smallest absolute Gasteiger partial charge is 0.198 e. The third-order valence-electron chi connectivity index (χ3n) is 3.63. The molecule has 1 aromatic rings. The lowest BCUT2D eigenvalue weighted by Gasteiger charge is -2.17. The normalized spacial score (nSPS) is 17.1. The Morgan fingerprint density at radius 3 is 2.33 bits per heavy atom. The summed E-state index contributed by atoms with van der Waals surface area (Å²) < 4.78 is 0. The SMILES string of the molecule is CC(C)c1ccc(C2=CC(=C3C=CC=C3)N=C(N)N2)cc1. The summed E-state index contributed by atoms with van der Waals surface area (Å²) in [5, 5.41) is 3.14. The van der Waals surface area contributed by atoms with Gasteiger partial charge in [-0.05, 0) is 23.1 Å². The molecule has 3 N–H and O–H groups in total. The van der Waals surface area contributed by atoms with Gasteiger partial charge in [-0.25, -0.2) is 4.99 Å². The Labute approximate surface area is 125 Å². The molecule has 0 spiro atoms. The molecule has 106 valence electrons. The number of nitrogens with one attached hydrogen (secondary N) is 1. The van der Waals surface area contributed by atoms with Gasteiger partial charge in [0, 0.05) is 5.57 Å². The van der Waals surface area contributed by atoms with Crippen molar-refractivity contribution in [2.45, 2.75) is 19.8 Å². The van der Waals surface area contributed by atoms with Crippen LogP contribution in [0.3, 0.4) is 0 Å². The molecule has 0 atom stereocenters. The van der Waals surface area contributed by atoms with Crippen LogP contribution < -0.4 is 11.1 Å². The van der Waals surface area contributed by atoms with E-state index in [1.54, 1.807) is 0 Å². The first-order valence-corrected chi connectivity index (χ1v) is 7.16. The van der Waals surface area contributed by atoms with Crippen LogP contribution in [-0.2, 0) is 0 Å². The number of rotatable bonds is 2. The highest BCUT2D eigenvalue weighted by atomic mass is 15.1. The molecule has 0 radical (unpaired) electrons. The van der Waals surface area contributed by atoms with E-state index in [9.17, 15) is 0 Å². The summed E-state index contributed by atoms with van der Waals surface area (Å²) >= 11 is 0. The van der Waals surface area contributed by atoms with E-state index in [1.807, 2.05) is 30.4 Å². The number of benzene rings is 1. The average molecular weight is 277 g/mol. The van der Waals surface area contributed by atoms with Gasteiger partial charge in [-0.3, -0.25) is 0 Å². The molecular weight excluding hydrogens is 258 g/mol. The third-order valence-corrected chi connectivity index (χ3v) is 3.63. The van der Waals surface area contributed by atoms with Gasteiger partial charge in [0.15, 0.2) is 5.96 Å². The van der Waals surface area contributed by atoms with E-state index < -0.39 is 0 Å². The number of hydrogen-bond donors (Lipinski definition) is 2. The maximum absolute atomic E-state index is 5.91. The fraction of sp³-hybridized carbons (Fsp3) is 0.167. The molecule has 0 bridgehead atoms. The van der Waals surface area contributed by atoms with E-state index in [4.69, 9.17) is 5.73 Å². The number of hydrogen-bond acceptors (Lipinski definition) is 3. The highest BCUT2D eigenvalue weighted by Crippen LogP contribution is 2.24. The number of guanidine groups is 1. The molecule has 1 aliphatic heterocycles. The second-order valence-electron chi connectivity index (χ2n) is 5.52. The molecule has 2 aliphatic rings. The van der Waals surface area contributed by atoms with Crippen LogP contribution in [0.4, 0.5) is 0 Å². The first kappa shape index (κ1) is 13.4. The molecule has 1 aliphatic carbocycles. The number of allylic oxidation sites excluding steroid dienone is 6. The quantitative estimate of drug-likeness (QED) is 0.870. The molecule has 0 amide bonds. The van der Waals surface area contributed by atoms with Crippen LogP contribution in [0.25, 0.3) is 5.70 Å². The summed E-state index contributed by atoms with van der Waals surface area (Å²) in [5.41, 5.74) is 11.3. The predicted molar refractivity (Wildman–Crippen MR) is 88.6 cm³/mol. The van der Waals surface area contributed by atoms with E-state index in [1.165, 1.54) is 5.56 Å². The third kappa shape index (κ3) is 2.82. The zero-order valence-electron chi connectivity index (χ0n) is 12.3. The van der Waals surface area contributed by atoms with Crippen LogP contribution in [0, 0.1) is 0 Å². The summed E-state index contributed by atoms with van der Waals surface area (Å²) in [7, 11) is 0. The van der Waals surface area contributed by atoms with E-state index in [-0.39, 0.29) is 0 Å². The van der Waals surface area contributed by atoms with E-state index in [0.717, 1.165) is 22.5 Å². The van der Waals surface area contributed by atoms with E-state index >= 15 is 0 Å². The van der Waals surface area contributed by atoms with E-state index in [0.29, 0.717) is 11.9 Å². The Hall–Kier alpha value is -2.55. The van der Waals surface area contributed by atoms with Gasteiger partial charge in [0.05, 0.1) is 11.4 Å². The molecular formula is C18H19N3. The van der Waals surface area contributed by atoms with Crippen LogP contribution in [-0.4, -0.2) is 5.96 Å². The van der Waals surface area contributed by atoms with Gasteiger partial charge in [0.25, 0.3) is 0 Å². The van der Waals surface area contributed by atoms with Gasteiger partial charge < -0.3 is 11.1 Å². The minimum atomic E-state index is 0.427. The number of nitrogens with zero attached hydrogens (tertiary/aromatic N) is 1. The summed E-state index contributed by atoms with van der Waals surface area (Å²) in [6.07, 6.45) is 10.1. The van der Waals surface area contributed by atoms with Crippen molar-refractivity contribution < 1.29 is 0 Å². The van der Waals surface area contributed by atoms with Gasteiger partial charge in [0.2, 0.25) is 0 Å². The summed E-state index contributed by atoms with van der Waals surface area (Å²) in [6.45, 7) is 4.39. The maximum atomic E-state index is 5.91. The van der Waals surface area contributed by atoms with Gasteiger partial charge in [0.1, 0.15) is 0 Å². The van der Waals surface area contributed by atoms with Gasteiger partial charge >= 0.3 is 0 Å². The molecule has 0 unspecified atom stereocenters. The first-order chi connectivity index (χ1) is 10.1. The summed E-state index contributed by atoms with van der Waals surface area (Å²) in [4.78, 5) is 4.37. The fourth-order valence-corrected chi connectivity index (χ4v) is 2.40. The van der Waals surface area contributed by atoms with Gasteiger partial charge in [-0.1, -0.05) is 62.4 Å². The Bertz CT molecular complexity index is 684. The Morgan fingerprint density at radius 2 is 1.71 bits per heavy atom. The largest absolute Gasteiger partial charge is 0.369 e. The van der Waals surface area contributed by atoms with Crippen LogP contribution >= 0.6 is 0 Å². The topological polar surface area (TPSA) is 50.4 Å². The zero-order chi connectivity index (χ0) is 14.8. The summed E-state index contributed by atoms with van der Waals surface area (Å²) in [5.74, 6) is 0.960. The Balaban J connectivity index is 1.96. The van der Waals surface area contributed by atoms with Crippen molar-refractivity contribution >= 4 is 11.7 Å². The van der Waals surface area contributed by atoms with Crippen molar-refractivity contribution in [2.24, 2.45) is 10.7 Å². The van der Waals surface area contributed by atoms with E-state index in [2.05, 4.69) is 48.4 Å². The molecule has 0 fully saturated rings. The van der Waals surface area contributed by atoms with Crippen molar-refractivity contribution in [3.63, 3.8) is 0 Å². The molecule has 1 aromatic carbocycles. The second-order valence-corrected chi connectivity index (χ2v) is 5.52. The van der Waals surface area contributed by atoms with Crippen LogP contribution in [0.1, 0.15) is 30.9 Å². The van der Waals surface area contributed by atoms with Gasteiger partial charge in [-0.2, -0.15) is 0 Å². The fourth-order valence-electron chi connectivity index (χ4n) is 2.40. The predicted octanol–water partition coefficient (Wildman–Crippen LogP) is 3.45. The molecule has 1 heterocycles. The van der Waals surface area contributed by atoms with Crippen molar-refractivity contribution in [1.29, 1.82) is 0 Å². The number of aliphatic imine (C=N–C) groups is 1. The monoisotopic (exact) mass is 277 g/mol. The second kappa shape index (κ2) is 5.44. The first-order valence-electron chi connectivity index (χ1n) is 7.16. The van der Waals surface area contributed by atoms with Crippen molar-refractivity contribution in [3.8, 4) is 0 Å². The Morgan fingerprint density at radius 1 is 1.05 bits per heavy atom. The van der Waals surface area contributed by atoms with Crippen molar-refractivity contribution in [1.82, 2.24) is 5.32 Å². The van der Waals surface area contributed by atoms with Crippen LogP contribution in [0.5, 0.6) is 0 Å². The molecule has 0 saturated heterocycles. The molecule has 21 heavy (non-hydrogen) atoms. The average Bonchev–Trinajstić information content (AvgIpc) is 3.01. The lowest BCUT2D eigenvalue weighted by Crippen LogP contribution is -2.32. The van der Waals surface area contributed by atoms with Crippen LogP contribution in [0.15, 0.2) is 70.9 Å². The summed E-state index contributed by atoms with van der Waals surface area (Å²) in [6, 6.07) is 8.56. The maximum Gasteiger partial charge on any atom is 0.198 e. The Kier molecular flexibility index (Phi) is 3.48. The highest BCUT2D eigenvalue weighted by Gasteiger charge is 2.12. The lowest BCUT2D eigenvalue weighted by molar-refractivity contribution is 0.866. The highest BCUT2D eigenvalue weighted by molar-refractivity contribution is 5.92. The molecule has 0 aromatic heterocycles. The van der Waals surface area contributed by atoms with Crippen LogP contribution in [0.2, 0.25) is 0 Å². The zero-order valence-corrected chi connectivity index (χ0v) is 12.3. The minimum Gasteiger partial charge on any atom is -0.369 e. The molecule has 0 saturated carbocycles. The standard InChI is InChI=1S/C18H19N3/c1-12(2)13-7-9-15(10-8-13)17-11-16(20-18(19)21-17)14-5-3-4-6-14/h3-12H,1-2H3,(H3,19,20,21). The number of nitrogens with two attached hydrogens (primary N) is 1. The molecule has 3 nitrogen and oxygen atoms in total.